The lowest BCUT2D eigenvalue weighted by atomic mass is 10.0. The highest BCUT2D eigenvalue weighted by Crippen LogP contribution is 2.41. The summed E-state index contributed by atoms with van der Waals surface area (Å²) in [5.74, 6) is -0.670. The normalized spacial score (nSPS) is 14.7. The highest BCUT2D eigenvalue weighted by Gasteiger charge is 2.38. The Balaban J connectivity index is 1.84. The van der Waals surface area contributed by atoms with Crippen LogP contribution < -0.4 is 20.2 Å². The Hall–Kier alpha value is -4.60. The molecule has 0 aliphatic carbocycles. The van der Waals surface area contributed by atoms with Gasteiger partial charge in [-0.1, -0.05) is 30.3 Å². The van der Waals surface area contributed by atoms with Crippen molar-refractivity contribution in [3.63, 3.8) is 0 Å². The minimum absolute atomic E-state index is 0.105. The van der Waals surface area contributed by atoms with Gasteiger partial charge >= 0.3 is 0 Å². The van der Waals surface area contributed by atoms with Crippen LogP contribution in [0.1, 0.15) is 32.4 Å². The molecule has 2 N–H and O–H groups in total. The highest BCUT2D eigenvalue weighted by atomic mass is 16.6. The zero-order valence-corrected chi connectivity index (χ0v) is 17.8. The molecule has 0 radical (unpaired) electrons. The average Bonchev–Trinajstić information content (AvgIpc) is 2.85. The molecule has 33 heavy (non-hydrogen) atoms. The Bertz CT molecular complexity index is 1230. The number of rotatable bonds is 6. The lowest BCUT2D eigenvalue weighted by Crippen LogP contribution is -2.53. The van der Waals surface area contributed by atoms with E-state index < -0.39 is 22.9 Å². The van der Waals surface area contributed by atoms with Crippen LogP contribution in [0.2, 0.25) is 0 Å². The highest BCUT2D eigenvalue weighted by molar-refractivity contribution is 6.04. The van der Waals surface area contributed by atoms with Crippen LogP contribution in [0.4, 0.5) is 11.4 Å². The van der Waals surface area contributed by atoms with Gasteiger partial charge in [-0.3, -0.25) is 25.1 Å². The molecule has 1 unspecified atom stereocenters. The molecule has 10 nitrogen and oxygen atoms in total. The van der Waals surface area contributed by atoms with Crippen LogP contribution in [0, 0.1) is 10.1 Å². The second-order valence-corrected chi connectivity index (χ2v) is 7.10. The Labute approximate surface area is 188 Å². The van der Waals surface area contributed by atoms with Crippen molar-refractivity contribution < 1.29 is 24.0 Å². The number of methoxy groups -OCH3 is 2. The number of nitro groups is 1. The minimum Gasteiger partial charge on any atom is -0.493 e. The van der Waals surface area contributed by atoms with Crippen molar-refractivity contribution in [3.8, 4) is 11.5 Å². The Kier molecular flexibility index (Phi) is 5.81. The minimum atomic E-state index is -1.10. The van der Waals surface area contributed by atoms with Crippen LogP contribution in [0.3, 0.4) is 0 Å². The van der Waals surface area contributed by atoms with E-state index in [1.165, 1.54) is 26.4 Å². The molecule has 4 rings (SSSR count). The number of nitro benzene ring substituents is 1. The largest absolute Gasteiger partial charge is 0.493 e. The predicted octanol–water partition coefficient (Wildman–Crippen LogP) is 3.52. The molecule has 2 amide bonds. The number of para-hydroxylation sites is 1. The average molecular weight is 448 g/mol. The monoisotopic (exact) mass is 448 g/mol. The fourth-order valence-electron chi connectivity index (χ4n) is 3.61. The summed E-state index contributed by atoms with van der Waals surface area (Å²) in [4.78, 5) is 37.6. The molecule has 0 bridgehead atoms. The van der Waals surface area contributed by atoms with E-state index in [2.05, 4.69) is 10.7 Å². The van der Waals surface area contributed by atoms with Crippen molar-refractivity contribution in [1.29, 1.82) is 0 Å². The van der Waals surface area contributed by atoms with E-state index in [9.17, 15) is 19.7 Å². The first kappa shape index (κ1) is 21.6. The summed E-state index contributed by atoms with van der Waals surface area (Å²) in [6.07, 6.45) is -1.10. The molecule has 1 atom stereocenters. The fourth-order valence-corrected chi connectivity index (χ4v) is 3.61. The molecule has 0 spiro atoms. The van der Waals surface area contributed by atoms with Gasteiger partial charge in [0, 0.05) is 11.3 Å². The van der Waals surface area contributed by atoms with Crippen LogP contribution in [-0.4, -0.2) is 36.0 Å². The van der Waals surface area contributed by atoms with Crippen molar-refractivity contribution in [2.75, 3.05) is 19.5 Å². The van der Waals surface area contributed by atoms with Crippen LogP contribution in [0.5, 0.6) is 11.5 Å². The van der Waals surface area contributed by atoms with Gasteiger partial charge in [0.1, 0.15) is 0 Å². The van der Waals surface area contributed by atoms with Crippen LogP contribution >= 0.6 is 0 Å². The molecule has 1 heterocycles. The van der Waals surface area contributed by atoms with Gasteiger partial charge < -0.3 is 14.8 Å². The first-order valence-corrected chi connectivity index (χ1v) is 9.90. The molecule has 0 fully saturated rings. The SMILES string of the molecule is COc1cc(C2Nc3ccccc3C(=O)N2NC(=O)c2ccccc2)c([N+](=O)[O-])cc1OC. The number of hydrogen-bond acceptors (Lipinski definition) is 7. The van der Waals surface area contributed by atoms with Crippen molar-refractivity contribution in [3.05, 3.63) is 93.5 Å². The van der Waals surface area contributed by atoms with Crippen molar-refractivity contribution in [1.82, 2.24) is 10.4 Å². The van der Waals surface area contributed by atoms with Gasteiger partial charge in [-0.2, -0.15) is 0 Å². The third kappa shape index (κ3) is 4.01. The lowest BCUT2D eigenvalue weighted by Gasteiger charge is -2.37. The summed E-state index contributed by atoms with van der Waals surface area (Å²) in [6.45, 7) is 0. The maximum atomic E-state index is 13.4. The lowest BCUT2D eigenvalue weighted by molar-refractivity contribution is -0.386. The van der Waals surface area contributed by atoms with Gasteiger partial charge in [-0.05, 0) is 30.3 Å². The molecular formula is C23H20N4O6. The van der Waals surface area contributed by atoms with E-state index in [-0.39, 0.29) is 22.7 Å². The first-order chi connectivity index (χ1) is 15.9. The van der Waals surface area contributed by atoms with Crippen LogP contribution in [0.25, 0.3) is 0 Å². The topological polar surface area (TPSA) is 123 Å². The number of fused-ring (bicyclic) bond motifs is 1. The standard InChI is InChI=1S/C23H20N4O6/c1-32-19-12-16(18(27(30)31)13-20(19)33-2)21-24-17-11-7-6-10-15(17)23(29)26(21)25-22(28)14-8-4-3-5-9-14/h3-13,21,24H,1-2H3,(H,25,28). The number of carbonyl (C=O) groups is 2. The second kappa shape index (κ2) is 8.87. The van der Waals surface area contributed by atoms with Gasteiger partial charge in [0.25, 0.3) is 17.5 Å². The number of hydrogen-bond donors (Lipinski definition) is 2. The van der Waals surface area contributed by atoms with Crippen LogP contribution in [0.15, 0.2) is 66.7 Å². The molecule has 1 aliphatic heterocycles. The number of hydrazine groups is 1. The van der Waals surface area contributed by atoms with Gasteiger partial charge in [0.15, 0.2) is 17.7 Å². The summed E-state index contributed by atoms with van der Waals surface area (Å²) < 4.78 is 10.5. The fraction of sp³-hybridized carbons (Fsp3) is 0.130. The van der Waals surface area contributed by atoms with E-state index in [4.69, 9.17) is 9.47 Å². The van der Waals surface area contributed by atoms with Crippen molar-refractivity contribution >= 4 is 23.2 Å². The van der Waals surface area contributed by atoms with Gasteiger partial charge in [0.2, 0.25) is 0 Å². The van der Waals surface area contributed by atoms with Crippen molar-refractivity contribution in [2.24, 2.45) is 0 Å². The molecule has 3 aromatic rings. The number of anilines is 1. The quantitative estimate of drug-likeness (QED) is 0.437. The summed E-state index contributed by atoms with van der Waals surface area (Å²) in [7, 11) is 2.77. The van der Waals surface area contributed by atoms with E-state index in [0.29, 0.717) is 16.8 Å². The number of amides is 2. The maximum Gasteiger partial charge on any atom is 0.280 e. The summed E-state index contributed by atoms with van der Waals surface area (Å²) in [5, 5.41) is 16.1. The van der Waals surface area contributed by atoms with E-state index in [1.54, 1.807) is 54.6 Å². The third-order valence-electron chi connectivity index (χ3n) is 5.21. The molecule has 0 aromatic heterocycles. The van der Waals surface area contributed by atoms with Gasteiger partial charge in [0.05, 0.1) is 36.3 Å². The number of nitrogens with one attached hydrogen (secondary N) is 2. The second-order valence-electron chi connectivity index (χ2n) is 7.10. The van der Waals surface area contributed by atoms with Gasteiger partial charge in [-0.25, -0.2) is 5.01 Å². The Morgan fingerprint density at radius 1 is 1.03 bits per heavy atom. The molecule has 10 heteroatoms. The Morgan fingerprint density at radius 2 is 1.67 bits per heavy atom. The molecule has 0 saturated carbocycles. The van der Waals surface area contributed by atoms with E-state index >= 15 is 0 Å². The Morgan fingerprint density at radius 3 is 2.33 bits per heavy atom. The first-order valence-electron chi connectivity index (χ1n) is 9.90. The number of nitrogens with zero attached hydrogens (tertiary/aromatic N) is 2. The van der Waals surface area contributed by atoms with E-state index in [1.807, 2.05) is 0 Å². The third-order valence-corrected chi connectivity index (χ3v) is 5.21. The predicted molar refractivity (Wildman–Crippen MR) is 119 cm³/mol. The number of carbonyl (C=O) groups excluding carboxylic acids is 2. The van der Waals surface area contributed by atoms with E-state index in [0.717, 1.165) is 5.01 Å². The number of benzene rings is 3. The smallest absolute Gasteiger partial charge is 0.280 e. The van der Waals surface area contributed by atoms with Crippen LogP contribution in [-0.2, 0) is 0 Å². The molecule has 168 valence electrons. The zero-order chi connectivity index (χ0) is 23.5. The molecule has 3 aromatic carbocycles. The maximum absolute atomic E-state index is 13.4. The molecular weight excluding hydrogens is 428 g/mol. The molecule has 0 saturated heterocycles. The summed E-state index contributed by atoms with van der Waals surface area (Å²) in [5.41, 5.74) is 3.50. The van der Waals surface area contributed by atoms with Gasteiger partial charge in [-0.15, -0.1) is 0 Å². The summed E-state index contributed by atoms with van der Waals surface area (Å²) in [6, 6.07) is 17.7. The molecule has 1 aliphatic rings. The number of ether oxygens (including phenoxy) is 2. The van der Waals surface area contributed by atoms with Crippen molar-refractivity contribution in [2.45, 2.75) is 6.17 Å². The zero-order valence-electron chi connectivity index (χ0n) is 17.8. The summed E-state index contributed by atoms with van der Waals surface area (Å²) >= 11 is 0.